The van der Waals surface area contributed by atoms with Crippen molar-refractivity contribution in [3.05, 3.63) is 29.8 Å². The molecular formula is C11H14N2OS. The smallest absolute Gasteiger partial charge is 0.119 e. The van der Waals surface area contributed by atoms with Crippen molar-refractivity contribution in [2.45, 2.75) is 0 Å². The first kappa shape index (κ1) is 10.5. The van der Waals surface area contributed by atoms with Crippen molar-refractivity contribution >= 4 is 16.8 Å². The third kappa shape index (κ3) is 2.73. The van der Waals surface area contributed by atoms with Crippen LogP contribution in [0, 0.1) is 0 Å². The maximum atomic E-state index is 5.40. The Morgan fingerprint density at radius 2 is 2.13 bits per heavy atom. The molecule has 0 saturated heterocycles. The second kappa shape index (κ2) is 5.19. The lowest BCUT2D eigenvalue weighted by Gasteiger charge is -2.05. The van der Waals surface area contributed by atoms with E-state index >= 15 is 0 Å². The molecule has 2 N–H and O–H groups in total. The summed E-state index contributed by atoms with van der Waals surface area (Å²) in [6.07, 6.45) is 0. The van der Waals surface area contributed by atoms with Crippen molar-refractivity contribution in [2.24, 2.45) is 10.7 Å². The number of nitrogens with two attached hydrogens (primary N) is 1. The van der Waals surface area contributed by atoms with Gasteiger partial charge in [-0.25, -0.2) is 0 Å². The van der Waals surface area contributed by atoms with Crippen molar-refractivity contribution in [1.29, 1.82) is 0 Å². The predicted molar refractivity (Wildman–Crippen MR) is 64.9 cm³/mol. The van der Waals surface area contributed by atoms with Crippen LogP contribution >= 0.6 is 11.8 Å². The topological polar surface area (TPSA) is 47.6 Å². The van der Waals surface area contributed by atoms with E-state index in [-0.39, 0.29) is 0 Å². The van der Waals surface area contributed by atoms with E-state index in [9.17, 15) is 0 Å². The molecule has 80 valence electrons. The zero-order valence-corrected chi connectivity index (χ0v) is 9.30. The van der Waals surface area contributed by atoms with Gasteiger partial charge in [0.2, 0.25) is 0 Å². The van der Waals surface area contributed by atoms with Crippen LogP contribution in [0.2, 0.25) is 0 Å². The molecule has 0 unspecified atom stereocenters. The van der Waals surface area contributed by atoms with Gasteiger partial charge in [0.25, 0.3) is 0 Å². The number of ether oxygens (including phenoxy) is 1. The van der Waals surface area contributed by atoms with Crippen molar-refractivity contribution < 1.29 is 4.74 Å². The number of benzene rings is 1. The molecule has 0 saturated carbocycles. The standard InChI is InChI=1S/C11H14N2OS/c12-5-7-14-10-3-1-9(2-4-10)11-13-6-8-15-11/h1-4H,5-8,12H2. The molecule has 0 fully saturated rings. The minimum absolute atomic E-state index is 0.546. The number of hydrogen-bond donors (Lipinski definition) is 1. The molecule has 0 aromatic heterocycles. The first-order valence-electron chi connectivity index (χ1n) is 5.01. The molecule has 1 aliphatic rings. The minimum atomic E-state index is 0.546. The average Bonchev–Trinajstić information content (AvgIpc) is 2.80. The predicted octanol–water partition coefficient (Wildman–Crippen LogP) is 1.52. The van der Waals surface area contributed by atoms with Crippen LogP contribution in [0.1, 0.15) is 5.56 Å². The summed E-state index contributed by atoms with van der Waals surface area (Å²) in [5.74, 6) is 1.97. The van der Waals surface area contributed by atoms with Crippen LogP contribution in [-0.4, -0.2) is 30.5 Å². The van der Waals surface area contributed by atoms with Gasteiger partial charge in [-0.05, 0) is 24.3 Å². The van der Waals surface area contributed by atoms with Crippen LogP contribution in [0.4, 0.5) is 0 Å². The second-order valence-corrected chi connectivity index (χ2v) is 4.28. The van der Waals surface area contributed by atoms with E-state index in [2.05, 4.69) is 4.99 Å². The quantitative estimate of drug-likeness (QED) is 0.840. The summed E-state index contributed by atoms with van der Waals surface area (Å²) in [7, 11) is 0. The van der Waals surface area contributed by atoms with Crippen LogP contribution < -0.4 is 10.5 Å². The molecular weight excluding hydrogens is 208 g/mol. The summed E-state index contributed by atoms with van der Waals surface area (Å²) in [6, 6.07) is 8.02. The van der Waals surface area contributed by atoms with Gasteiger partial charge >= 0.3 is 0 Å². The lowest BCUT2D eigenvalue weighted by Crippen LogP contribution is -2.10. The fraction of sp³-hybridized carbons (Fsp3) is 0.364. The molecule has 0 spiro atoms. The van der Waals surface area contributed by atoms with Gasteiger partial charge in [-0.3, -0.25) is 4.99 Å². The van der Waals surface area contributed by atoms with Gasteiger partial charge in [-0.1, -0.05) is 0 Å². The summed E-state index contributed by atoms with van der Waals surface area (Å²) in [5.41, 5.74) is 6.54. The maximum Gasteiger partial charge on any atom is 0.119 e. The molecule has 1 aromatic carbocycles. The van der Waals surface area contributed by atoms with Crippen LogP contribution in [0.5, 0.6) is 5.75 Å². The summed E-state index contributed by atoms with van der Waals surface area (Å²) in [4.78, 5) is 4.42. The molecule has 0 amide bonds. The van der Waals surface area contributed by atoms with Gasteiger partial charge < -0.3 is 10.5 Å². The summed E-state index contributed by atoms with van der Waals surface area (Å²) < 4.78 is 5.40. The maximum absolute atomic E-state index is 5.40. The molecule has 0 atom stereocenters. The number of thioether (sulfide) groups is 1. The number of aliphatic imine (C=N–C) groups is 1. The third-order valence-electron chi connectivity index (χ3n) is 2.07. The molecule has 0 aliphatic carbocycles. The van der Waals surface area contributed by atoms with Gasteiger partial charge in [0.05, 0.1) is 5.04 Å². The Morgan fingerprint density at radius 3 is 2.73 bits per heavy atom. The van der Waals surface area contributed by atoms with Crippen molar-refractivity contribution in [3.8, 4) is 5.75 Å². The lowest BCUT2D eigenvalue weighted by molar-refractivity contribution is 0.328. The second-order valence-electron chi connectivity index (χ2n) is 3.20. The molecule has 3 nitrogen and oxygen atoms in total. The van der Waals surface area contributed by atoms with E-state index in [1.807, 2.05) is 36.0 Å². The Hall–Kier alpha value is -1.00. The molecule has 0 bridgehead atoms. The Balaban J connectivity index is 2.03. The van der Waals surface area contributed by atoms with Gasteiger partial charge in [0, 0.05) is 24.4 Å². The fourth-order valence-electron chi connectivity index (χ4n) is 1.38. The molecule has 15 heavy (non-hydrogen) atoms. The highest BCUT2D eigenvalue weighted by Gasteiger charge is 2.09. The Morgan fingerprint density at radius 1 is 1.33 bits per heavy atom. The molecule has 1 aromatic rings. The highest BCUT2D eigenvalue weighted by molar-refractivity contribution is 8.14. The third-order valence-corrected chi connectivity index (χ3v) is 3.10. The van der Waals surface area contributed by atoms with Crippen molar-refractivity contribution in [1.82, 2.24) is 0 Å². The fourth-order valence-corrected chi connectivity index (χ4v) is 2.24. The summed E-state index contributed by atoms with van der Waals surface area (Å²) >= 11 is 1.81. The van der Waals surface area contributed by atoms with Crippen LogP contribution in [-0.2, 0) is 0 Å². The van der Waals surface area contributed by atoms with Crippen LogP contribution in [0.25, 0.3) is 0 Å². The van der Waals surface area contributed by atoms with Crippen LogP contribution in [0.3, 0.4) is 0 Å². The highest BCUT2D eigenvalue weighted by atomic mass is 32.2. The number of rotatable bonds is 4. The first-order chi connectivity index (χ1) is 7.40. The van der Waals surface area contributed by atoms with Gasteiger partial charge in [0.1, 0.15) is 12.4 Å². The normalized spacial score (nSPS) is 15.1. The Labute approximate surface area is 93.7 Å². The minimum Gasteiger partial charge on any atom is -0.492 e. The van der Waals surface area contributed by atoms with Gasteiger partial charge in [-0.2, -0.15) is 0 Å². The largest absolute Gasteiger partial charge is 0.492 e. The average molecular weight is 222 g/mol. The van der Waals surface area contributed by atoms with Gasteiger partial charge in [-0.15, -0.1) is 11.8 Å². The Bertz CT molecular complexity index is 348. The van der Waals surface area contributed by atoms with Crippen molar-refractivity contribution in [2.75, 3.05) is 25.4 Å². The highest BCUT2D eigenvalue weighted by Crippen LogP contribution is 2.21. The van der Waals surface area contributed by atoms with Crippen molar-refractivity contribution in [3.63, 3.8) is 0 Å². The first-order valence-corrected chi connectivity index (χ1v) is 5.99. The zero-order chi connectivity index (χ0) is 10.5. The van der Waals surface area contributed by atoms with E-state index in [1.165, 1.54) is 5.56 Å². The van der Waals surface area contributed by atoms with E-state index in [0.717, 1.165) is 23.1 Å². The number of hydrogen-bond acceptors (Lipinski definition) is 4. The van der Waals surface area contributed by atoms with E-state index in [1.54, 1.807) is 0 Å². The summed E-state index contributed by atoms with van der Waals surface area (Å²) in [6.45, 7) is 2.05. The lowest BCUT2D eigenvalue weighted by atomic mass is 10.2. The molecule has 1 aliphatic heterocycles. The summed E-state index contributed by atoms with van der Waals surface area (Å²) in [5, 5.41) is 1.14. The molecule has 0 radical (unpaired) electrons. The van der Waals surface area contributed by atoms with E-state index < -0.39 is 0 Å². The monoisotopic (exact) mass is 222 g/mol. The SMILES string of the molecule is NCCOc1ccc(C2=NCCS2)cc1. The Kier molecular flexibility index (Phi) is 3.64. The molecule has 2 rings (SSSR count). The van der Waals surface area contributed by atoms with E-state index in [4.69, 9.17) is 10.5 Å². The van der Waals surface area contributed by atoms with E-state index in [0.29, 0.717) is 13.2 Å². The molecule has 1 heterocycles. The zero-order valence-electron chi connectivity index (χ0n) is 8.48. The van der Waals surface area contributed by atoms with Gasteiger partial charge in [0.15, 0.2) is 0 Å². The number of nitrogens with zero attached hydrogens (tertiary/aromatic N) is 1. The van der Waals surface area contributed by atoms with Crippen LogP contribution in [0.15, 0.2) is 29.3 Å². The molecule has 4 heteroatoms.